The zero-order valence-electron chi connectivity index (χ0n) is 15.3. The second-order valence-corrected chi connectivity index (χ2v) is 8.14. The fraction of sp³-hybridized carbons (Fsp3) is 0.143. The summed E-state index contributed by atoms with van der Waals surface area (Å²) in [6.45, 7) is 1.78. The maximum Gasteiger partial charge on any atom is 0.258 e. The number of pyridine rings is 1. The molecule has 3 rings (SSSR count). The van der Waals surface area contributed by atoms with E-state index in [1.54, 1.807) is 31.2 Å². The molecule has 1 aromatic heterocycles. The number of nitrogens with zero attached hydrogens (tertiary/aromatic N) is 1. The number of nitrogens with one attached hydrogen (secondary N) is 1. The Kier molecular flexibility index (Phi) is 6.06. The van der Waals surface area contributed by atoms with Gasteiger partial charge in [0.25, 0.3) is 5.91 Å². The van der Waals surface area contributed by atoms with Crippen molar-refractivity contribution in [2.75, 3.05) is 11.1 Å². The summed E-state index contributed by atoms with van der Waals surface area (Å²) >= 11 is 0. The third-order valence-corrected chi connectivity index (χ3v) is 5.87. The van der Waals surface area contributed by atoms with E-state index in [4.69, 9.17) is 4.74 Å². The number of benzene rings is 2. The summed E-state index contributed by atoms with van der Waals surface area (Å²) in [5.41, 5.74) is 0.0994. The monoisotopic (exact) mass is 396 g/mol. The first kappa shape index (κ1) is 19.6. The van der Waals surface area contributed by atoms with Crippen LogP contribution in [0.25, 0.3) is 0 Å². The van der Waals surface area contributed by atoms with Gasteiger partial charge in [-0.2, -0.15) is 0 Å². The molecule has 3 aromatic rings. The van der Waals surface area contributed by atoms with Crippen molar-refractivity contribution < 1.29 is 17.9 Å². The van der Waals surface area contributed by atoms with Crippen molar-refractivity contribution in [2.45, 2.75) is 18.2 Å². The highest BCUT2D eigenvalue weighted by Gasteiger charge is 2.21. The second-order valence-electron chi connectivity index (χ2n) is 6.06. The van der Waals surface area contributed by atoms with Crippen LogP contribution in [0, 0.1) is 0 Å². The summed E-state index contributed by atoms with van der Waals surface area (Å²) in [6, 6.07) is 18.7. The second kappa shape index (κ2) is 8.67. The van der Waals surface area contributed by atoms with Crippen LogP contribution in [0.4, 0.5) is 5.82 Å². The van der Waals surface area contributed by atoms with E-state index in [0.29, 0.717) is 23.7 Å². The summed E-state index contributed by atoms with van der Waals surface area (Å²) in [7, 11) is -3.52. The Morgan fingerprint density at radius 2 is 1.68 bits per heavy atom. The van der Waals surface area contributed by atoms with Crippen LogP contribution in [-0.2, 0) is 9.84 Å². The molecular weight excluding hydrogens is 376 g/mol. The molecule has 0 bridgehead atoms. The molecule has 0 atom stereocenters. The Balaban J connectivity index is 1.75. The summed E-state index contributed by atoms with van der Waals surface area (Å²) in [5, 5.41) is 2.63. The van der Waals surface area contributed by atoms with Gasteiger partial charge in [0.05, 0.1) is 22.4 Å². The molecule has 2 aromatic carbocycles. The topological polar surface area (TPSA) is 85.4 Å². The lowest BCUT2D eigenvalue weighted by Gasteiger charge is -2.11. The van der Waals surface area contributed by atoms with Crippen molar-refractivity contribution in [3.05, 3.63) is 78.5 Å². The van der Waals surface area contributed by atoms with Crippen molar-refractivity contribution in [2.24, 2.45) is 0 Å². The Morgan fingerprint density at radius 3 is 2.36 bits per heavy atom. The van der Waals surface area contributed by atoms with Crippen molar-refractivity contribution in [1.29, 1.82) is 0 Å². The first-order valence-corrected chi connectivity index (χ1v) is 10.5. The molecule has 0 aliphatic heterocycles. The van der Waals surface area contributed by atoms with E-state index in [0.717, 1.165) is 0 Å². The predicted molar refractivity (Wildman–Crippen MR) is 107 cm³/mol. The normalized spacial score (nSPS) is 11.0. The van der Waals surface area contributed by atoms with Gasteiger partial charge in [-0.05, 0) is 42.8 Å². The van der Waals surface area contributed by atoms with Gasteiger partial charge >= 0.3 is 0 Å². The maximum absolute atomic E-state index is 12.6. The summed E-state index contributed by atoms with van der Waals surface area (Å²) in [5.74, 6) is 0.958. The first-order valence-electron chi connectivity index (χ1n) is 8.81. The van der Waals surface area contributed by atoms with E-state index in [1.165, 1.54) is 18.3 Å². The van der Waals surface area contributed by atoms with Crippen LogP contribution in [0.2, 0.25) is 0 Å². The zero-order valence-corrected chi connectivity index (χ0v) is 16.1. The molecule has 7 heteroatoms. The van der Waals surface area contributed by atoms with Crippen molar-refractivity contribution in [3.8, 4) is 11.5 Å². The van der Waals surface area contributed by atoms with Crippen LogP contribution in [0.3, 0.4) is 0 Å². The lowest BCUT2D eigenvalue weighted by atomic mass is 10.2. The number of hydrogen-bond donors (Lipinski definition) is 1. The lowest BCUT2D eigenvalue weighted by Crippen LogP contribution is -2.18. The number of carbonyl (C=O) groups excluding carboxylic acids is 1. The number of hydrogen-bond acceptors (Lipinski definition) is 5. The molecule has 0 unspecified atom stereocenters. The summed E-state index contributed by atoms with van der Waals surface area (Å²) in [4.78, 5) is 16.8. The smallest absolute Gasteiger partial charge is 0.258 e. The molecule has 0 saturated carbocycles. The third-order valence-electron chi connectivity index (χ3n) is 3.90. The van der Waals surface area contributed by atoms with Crippen molar-refractivity contribution >= 4 is 21.6 Å². The predicted octanol–water partition coefficient (Wildman–Crippen LogP) is 4.31. The molecule has 0 spiro atoms. The van der Waals surface area contributed by atoms with Gasteiger partial charge in [-0.15, -0.1) is 0 Å². The van der Waals surface area contributed by atoms with Crippen LogP contribution < -0.4 is 10.1 Å². The van der Waals surface area contributed by atoms with Crippen molar-refractivity contribution in [1.82, 2.24) is 4.98 Å². The lowest BCUT2D eigenvalue weighted by molar-refractivity contribution is 0.102. The van der Waals surface area contributed by atoms with Gasteiger partial charge in [-0.3, -0.25) is 4.79 Å². The minimum atomic E-state index is -3.52. The molecule has 28 heavy (non-hydrogen) atoms. The maximum atomic E-state index is 12.6. The molecule has 144 valence electrons. The average molecular weight is 396 g/mol. The quantitative estimate of drug-likeness (QED) is 0.643. The van der Waals surface area contributed by atoms with Gasteiger partial charge in [0.15, 0.2) is 9.84 Å². The number of sulfone groups is 1. The Labute approximate surface area is 164 Å². The molecule has 1 N–H and O–H groups in total. The first-order chi connectivity index (χ1) is 13.5. The van der Waals surface area contributed by atoms with E-state index >= 15 is 0 Å². The summed E-state index contributed by atoms with van der Waals surface area (Å²) < 4.78 is 30.5. The highest BCUT2D eigenvalue weighted by molar-refractivity contribution is 7.91. The van der Waals surface area contributed by atoms with Crippen LogP contribution in [-0.4, -0.2) is 25.1 Å². The minimum Gasteiger partial charge on any atom is -0.456 e. The van der Waals surface area contributed by atoms with Gasteiger partial charge < -0.3 is 10.1 Å². The number of carbonyl (C=O) groups is 1. The molecule has 1 heterocycles. The SMILES string of the molecule is CCCS(=O)(=O)c1ccccc1C(=O)Nc1ccc(Oc2ccccc2)cn1. The fourth-order valence-electron chi connectivity index (χ4n) is 2.63. The van der Waals surface area contributed by atoms with E-state index in [9.17, 15) is 13.2 Å². The number of aromatic nitrogens is 1. The van der Waals surface area contributed by atoms with Gasteiger partial charge in [0, 0.05) is 0 Å². The Morgan fingerprint density at radius 1 is 0.964 bits per heavy atom. The molecule has 0 radical (unpaired) electrons. The molecule has 0 saturated heterocycles. The van der Waals surface area contributed by atoms with Gasteiger partial charge in [-0.1, -0.05) is 37.3 Å². The number of amides is 1. The van der Waals surface area contributed by atoms with E-state index in [1.807, 2.05) is 30.3 Å². The summed E-state index contributed by atoms with van der Waals surface area (Å²) in [6.07, 6.45) is 1.96. The molecule has 0 aliphatic rings. The van der Waals surface area contributed by atoms with Gasteiger partial charge in [-0.25, -0.2) is 13.4 Å². The standard InChI is InChI=1S/C21H20N2O4S/c1-2-14-28(25,26)19-11-7-6-10-18(19)21(24)23-20-13-12-17(15-22-20)27-16-8-4-3-5-9-16/h3-13,15H,2,14H2,1H3,(H,22,23,24). The number of ether oxygens (including phenoxy) is 1. The molecule has 0 aliphatic carbocycles. The zero-order chi connectivity index (χ0) is 20.0. The van der Waals surface area contributed by atoms with Crippen LogP contribution in [0.1, 0.15) is 23.7 Å². The van der Waals surface area contributed by atoms with Crippen LogP contribution in [0.15, 0.2) is 77.8 Å². The van der Waals surface area contributed by atoms with E-state index in [-0.39, 0.29) is 16.2 Å². The highest BCUT2D eigenvalue weighted by atomic mass is 32.2. The third kappa shape index (κ3) is 4.75. The van der Waals surface area contributed by atoms with Crippen molar-refractivity contribution in [3.63, 3.8) is 0 Å². The number of para-hydroxylation sites is 1. The molecule has 6 nitrogen and oxygen atoms in total. The van der Waals surface area contributed by atoms with Gasteiger partial charge in [0.2, 0.25) is 0 Å². The van der Waals surface area contributed by atoms with E-state index in [2.05, 4.69) is 10.3 Å². The minimum absolute atomic E-state index is 0.0128. The van der Waals surface area contributed by atoms with E-state index < -0.39 is 15.7 Å². The Bertz CT molecular complexity index is 1050. The van der Waals surface area contributed by atoms with Crippen LogP contribution in [0.5, 0.6) is 11.5 Å². The fourth-order valence-corrected chi connectivity index (χ4v) is 4.17. The molecule has 0 fully saturated rings. The largest absolute Gasteiger partial charge is 0.456 e. The van der Waals surface area contributed by atoms with Gasteiger partial charge in [0.1, 0.15) is 17.3 Å². The number of anilines is 1. The van der Waals surface area contributed by atoms with Crippen LogP contribution >= 0.6 is 0 Å². The molecule has 1 amide bonds. The Hall–Kier alpha value is -3.19. The molecular formula is C21H20N2O4S. The average Bonchev–Trinajstić information content (AvgIpc) is 2.70. The number of rotatable bonds is 7. The highest BCUT2D eigenvalue weighted by Crippen LogP contribution is 2.22.